The van der Waals surface area contributed by atoms with E-state index in [2.05, 4.69) is 56.3 Å². The van der Waals surface area contributed by atoms with Gasteiger partial charge in [0.1, 0.15) is 6.61 Å². The second kappa shape index (κ2) is 8.14. The number of hydrogen-bond donors (Lipinski definition) is 0. The Hall–Kier alpha value is -2.62. The van der Waals surface area contributed by atoms with Gasteiger partial charge < -0.3 is 9.47 Å². The average molecular weight is 417 g/mol. The minimum Gasteiger partial charge on any atom is -0.481 e. The van der Waals surface area contributed by atoms with E-state index in [1.54, 1.807) is 7.11 Å². The molecule has 2 fully saturated rings. The highest BCUT2D eigenvalue weighted by molar-refractivity contribution is 5.96. The molecule has 31 heavy (non-hydrogen) atoms. The molecule has 3 aliphatic rings. The highest BCUT2D eigenvalue weighted by Crippen LogP contribution is 2.44. The molecular formula is C27H32N2O2. The number of nitrogens with zero attached hydrogens (tertiary/aromatic N) is 2. The van der Waals surface area contributed by atoms with Crippen molar-refractivity contribution in [1.82, 2.24) is 4.98 Å². The molecule has 2 heterocycles. The maximum Gasteiger partial charge on any atom is 0.217 e. The predicted octanol–water partition coefficient (Wildman–Crippen LogP) is 6.14. The van der Waals surface area contributed by atoms with Crippen molar-refractivity contribution in [2.24, 2.45) is 10.9 Å². The first-order valence-corrected chi connectivity index (χ1v) is 11.6. The van der Waals surface area contributed by atoms with Crippen molar-refractivity contribution in [1.29, 1.82) is 0 Å². The molecule has 0 bridgehead atoms. The summed E-state index contributed by atoms with van der Waals surface area (Å²) in [7, 11) is 1.73. The molecule has 1 aromatic carbocycles. The van der Waals surface area contributed by atoms with Crippen molar-refractivity contribution in [3.8, 4) is 5.88 Å². The third kappa shape index (κ3) is 4.39. The zero-order valence-electron chi connectivity index (χ0n) is 18.9. The number of hydrogen-bond acceptors (Lipinski definition) is 4. The van der Waals surface area contributed by atoms with Crippen LogP contribution >= 0.6 is 0 Å². The maximum atomic E-state index is 5.83. The summed E-state index contributed by atoms with van der Waals surface area (Å²) in [6.45, 7) is 4.83. The normalized spacial score (nSPS) is 21.1. The fourth-order valence-electron chi connectivity index (χ4n) is 4.68. The van der Waals surface area contributed by atoms with E-state index in [4.69, 9.17) is 19.5 Å². The third-order valence-corrected chi connectivity index (χ3v) is 6.59. The number of pyridine rings is 1. The molecule has 0 unspecified atom stereocenters. The fraction of sp³-hybridized carbons (Fsp3) is 0.481. The van der Waals surface area contributed by atoms with Crippen molar-refractivity contribution >= 4 is 11.5 Å². The van der Waals surface area contributed by atoms with Crippen LogP contribution in [-0.2, 0) is 4.74 Å². The van der Waals surface area contributed by atoms with E-state index in [1.165, 1.54) is 55.2 Å². The van der Waals surface area contributed by atoms with Crippen molar-refractivity contribution in [2.45, 2.75) is 63.8 Å². The standard InChI is InChI=1S/C27H32N2O2/c1-27(2)17-31-25(29-27)21-12-10-20(11-13-21)23(16-18-6-4-5-7-18)24-15-14-22(19-8-9-19)26(28-24)30-3/h10-16,18-19H,4-9,17H2,1-3H3/b23-16-. The Kier molecular flexibility index (Phi) is 5.33. The first kappa shape index (κ1) is 20.3. The molecule has 0 amide bonds. The number of ether oxygens (including phenoxy) is 2. The van der Waals surface area contributed by atoms with Gasteiger partial charge in [0.2, 0.25) is 11.8 Å². The smallest absolute Gasteiger partial charge is 0.217 e. The van der Waals surface area contributed by atoms with Crippen molar-refractivity contribution in [2.75, 3.05) is 13.7 Å². The minimum absolute atomic E-state index is 0.148. The Labute approximate surface area is 185 Å². The van der Waals surface area contributed by atoms with E-state index < -0.39 is 0 Å². The zero-order valence-corrected chi connectivity index (χ0v) is 18.9. The second-order valence-electron chi connectivity index (χ2n) is 9.79. The number of methoxy groups -OCH3 is 1. The van der Waals surface area contributed by atoms with E-state index in [9.17, 15) is 0 Å². The quantitative estimate of drug-likeness (QED) is 0.568. The van der Waals surface area contributed by atoms with Crippen LogP contribution < -0.4 is 4.74 Å². The van der Waals surface area contributed by atoms with Crippen LogP contribution in [0.3, 0.4) is 0 Å². The van der Waals surface area contributed by atoms with Crippen LogP contribution in [0.4, 0.5) is 0 Å². The Bertz CT molecular complexity index is 1010. The predicted molar refractivity (Wildman–Crippen MR) is 125 cm³/mol. The van der Waals surface area contributed by atoms with Gasteiger partial charge in [-0.1, -0.05) is 37.1 Å². The van der Waals surface area contributed by atoms with Crippen LogP contribution in [0, 0.1) is 5.92 Å². The molecule has 4 nitrogen and oxygen atoms in total. The van der Waals surface area contributed by atoms with E-state index in [0.717, 1.165) is 23.0 Å². The van der Waals surface area contributed by atoms with Crippen LogP contribution in [-0.4, -0.2) is 30.1 Å². The lowest BCUT2D eigenvalue weighted by Gasteiger charge is -2.14. The summed E-state index contributed by atoms with van der Waals surface area (Å²) in [5, 5.41) is 0. The fourth-order valence-corrected chi connectivity index (χ4v) is 4.68. The highest BCUT2D eigenvalue weighted by Gasteiger charge is 2.29. The van der Waals surface area contributed by atoms with Crippen LogP contribution in [0.5, 0.6) is 5.88 Å². The van der Waals surface area contributed by atoms with Crippen LogP contribution in [0.1, 0.15) is 80.7 Å². The lowest BCUT2D eigenvalue weighted by molar-refractivity contribution is 0.279. The third-order valence-electron chi connectivity index (χ3n) is 6.59. The minimum atomic E-state index is -0.148. The monoisotopic (exact) mass is 416 g/mol. The van der Waals surface area contributed by atoms with Gasteiger partial charge in [-0.15, -0.1) is 0 Å². The van der Waals surface area contributed by atoms with E-state index in [0.29, 0.717) is 18.4 Å². The molecule has 0 spiro atoms. The number of aromatic nitrogens is 1. The van der Waals surface area contributed by atoms with Gasteiger partial charge in [-0.25, -0.2) is 9.98 Å². The largest absolute Gasteiger partial charge is 0.481 e. The highest BCUT2D eigenvalue weighted by atomic mass is 16.5. The summed E-state index contributed by atoms with van der Waals surface area (Å²) >= 11 is 0. The molecule has 4 heteroatoms. The molecule has 2 aliphatic carbocycles. The van der Waals surface area contributed by atoms with Gasteiger partial charge in [-0.05, 0) is 75.1 Å². The SMILES string of the molecule is COc1nc(/C(=C\C2CCCC2)c2ccc(C3=NC(C)(C)CO3)cc2)ccc1C1CC1. The summed E-state index contributed by atoms with van der Waals surface area (Å²) in [6, 6.07) is 13.0. The van der Waals surface area contributed by atoms with Gasteiger partial charge in [0, 0.05) is 16.7 Å². The molecule has 2 aromatic rings. The summed E-state index contributed by atoms with van der Waals surface area (Å²) < 4.78 is 11.5. The maximum absolute atomic E-state index is 5.83. The lowest BCUT2D eigenvalue weighted by Crippen LogP contribution is -2.17. The summed E-state index contributed by atoms with van der Waals surface area (Å²) in [5.74, 6) is 2.76. The number of aliphatic imine (C=N–C) groups is 1. The molecule has 162 valence electrons. The summed E-state index contributed by atoms with van der Waals surface area (Å²) in [4.78, 5) is 9.66. The van der Waals surface area contributed by atoms with Crippen LogP contribution in [0.25, 0.3) is 5.57 Å². The Morgan fingerprint density at radius 3 is 2.39 bits per heavy atom. The molecule has 0 radical (unpaired) electrons. The van der Waals surface area contributed by atoms with Crippen LogP contribution in [0.15, 0.2) is 47.5 Å². The van der Waals surface area contributed by atoms with Crippen molar-refractivity contribution in [3.05, 3.63) is 64.9 Å². The van der Waals surface area contributed by atoms with Crippen molar-refractivity contribution in [3.63, 3.8) is 0 Å². The molecule has 1 aliphatic heterocycles. The Morgan fingerprint density at radius 2 is 1.77 bits per heavy atom. The Balaban J connectivity index is 1.50. The molecule has 0 atom stereocenters. The van der Waals surface area contributed by atoms with Crippen molar-refractivity contribution < 1.29 is 9.47 Å². The van der Waals surface area contributed by atoms with Gasteiger partial charge in [0.05, 0.1) is 18.3 Å². The molecular weight excluding hydrogens is 384 g/mol. The van der Waals surface area contributed by atoms with Gasteiger partial charge in [0.15, 0.2) is 0 Å². The van der Waals surface area contributed by atoms with E-state index in [1.807, 2.05) is 0 Å². The first-order valence-electron chi connectivity index (χ1n) is 11.6. The van der Waals surface area contributed by atoms with Gasteiger partial charge in [-0.2, -0.15) is 0 Å². The van der Waals surface area contributed by atoms with E-state index in [-0.39, 0.29) is 5.54 Å². The number of rotatable bonds is 6. The van der Waals surface area contributed by atoms with Gasteiger partial charge in [-0.3, -0.25) is 0 Å². The van der Waals surface area contributed by atoms with Gasteiger partial charge >= 0.3 is 0 Å². The van der Waals surface area contributed by atoms with Crippen LogP contribution in [0.2, 0.25) is 0 Å². The molecule has 2 saturated carbocycles. The molecule has 1 aromatic heterocycles. The number of allylic oxidation sites excluding steroid dienone is 1. The molecule has 0 saturated heterocycles. The number of benzene rings is 1. The van der Waals surface area contributed by atoms with E-state index >= 15 is 0 Å². The second-order valence-corrected chi connectivity index (χ2v) is 9.79. The zero-order chi connectivity index (χ0) is 21.4. The lowest BCUT2D eigenvalue weighted by atomic mass is 9.95. The topological polar surface area (TPSA) is 43.7 Å². The summed E-state index contributed by atoms with van der Waals surface area (Å²) in [5.41, 5.74) is 5.52. The first-order chi connectivity index (χ1) is 15.0. The Morgan fingerprint density at radius 1 is 1.03 bits per heavy atom. The summed E-state index contributed by atoms with van der Waals surface area (Å²) in [6.07, 6.45) is 10.1. The van der Waals surface area contributed by atoms with Gasteiger partial charge in [0.25, 0.3) is 0 Å². The molecule has 5 rings (SSSR count). The average Bonchev–Trinajstić information content (AvgIpc) is 3.37. The molecule has 0 N–H and O–H groups in total.